The monoisotopic (exact) mass is 455 g/mol. The molecule has 1 aliphatic heterocycles. The van der Waals surface area contributed by atoms with E-state index >= 15 is 0 Å². The van der Waals surface area contributed by atoms with E-state index in [4.69, 9.17) is 10.5 Å². The molecule has 2 amide bonds. The molecule has 34 heavy (non-hydrogen) atoms. The van der Waals surface area contributed by atoms with Crippen molar-refractivity contribution >= 4 is 22.7 Å². The lowest BCUT2D eigenvalue weighted by Crippen LogP contribution is -2.39. The molecule has 0 bridgehead atoms. The largest absolute Gasteiger partial charge is 0.492 e. The van der Waals surface area contributed by atoms with Gasteiger partial charge in [-0.2, -0.15) is 0 Å². The summed E-state index contributed by atoms with van der Waals surface area (Å²) in [6.07, 6.45) is 3.08. The molecule has 1 aliphatic rings. The Balaban J connectivity index is 1.44. The average Bonchev–Trinajstić information content (AvgIpc) is 3.50. The molecule has 7 nitrogen and oxygen atoms in total. The second kappa shape index (κ2) is 9.03. The lowest BCUT2D eigenvalue weighted by Gasteiger charge is -2.18. The summed E-state index contributed by atoms with van der Waals surface area (Å²) in [4.78, 5) is 28.2. The number of rotatable bonds is 7. The fourth-order valence-electron chi connectivity index (χ4n) is 4.49. The molecule has 4 aromatic rings. The minimum absolute atomic E-state index is 0.200. The van der Waals surface area contributed by atoms with Crippen LogP contribution in [0.1, 0.15) is 31.8 Å². The van der Waals surface area contributed by atoms with Gasteiger partial charge in [0.15, 0.2) is 0 Å². The van der Waals surface area contributed by atoms with E-state index in [9.17, 15) is 14.7 Å². The molecule has 5 rings (SSSR count). The molecule has 1 atom stereocenters. The third kappa shape index (κ3) is 4.13. The normalized spacial score (nSPS) is 13.3. The van der Waals surface area contributed by atoms with Gasteiger partial charge in [-0.25, -0.2) is 0 Å². The Morgan fingerprint density at radius 3 is 2.76 bits per heavy atom. The van der Waals surface area contributed by atoms with Gasteiger partial charge in [-0.05, 0) is 59.0 Å². The van der Waals surface area contributed by atoms with Crippen molar-refractivity contribution < 1.29 is 19.4 Å². The number of nitrogens with two attached hydrogens (primary N) is 1. The number of amides is 2. The Morgan fingerprint density at radius 1 is 1.09 bits per heavy atom. The van der Waals surface area contributed by atoms with Crippen LogP contribution >= 0.6 is 0 Å². The SMILES string of the molecule is NC(=O)c1cccc(-c2cc3c(c(C(=O)N[C@@H](CO)Cc4c[nH]c5ccccc45)c2)OCC3)c1. The number of primary amides is 1. The van der Waals surface area contributed by atoms with Gasteiger partial charge in [0.05, 0.1) is 24.8 Å². The van der Waals surface area contributed by atoms with Crippen LogP contribution in [-0.2, 0) is 12.8 Å². The van der Waals surface area contributed by atoms with Crippen LogP contribution in [0.5, 0.6) is 5.75 Å². The predicted octanol–water partition coefficient (Wildman–Crippen LogP) is 3.20. The molecule has 0 aliphatic carbocycles. The minimum atomic E-state index is -0.507. The van der Waals surface area contributed by atoms with Gasteiger partial charge in [-0.15, -0.1) is 0 Å². The highest BCUT2D eigenvalue weighted by molar-refractivity contribution is 6.00. The number of fused-ring (bicyclic) bond motifs is 2. The van der Waals surface area contributed by atoms with E-state index in [1.807, 2.05) is 42.6 Å². The first kappa shape index (κ1) is 21.7. The number of aromatic nitrogens is 1. The summed E-state index contributed by atoms with van der Waals surface area (Å²) in [6.45, 7) is 0.299. The zero-order valence-electron chi connectivity index (χ0n) is 18.5. The number of benzene rings is 3. The number of H-pyrrole nitrogens is 1. The molecule has 0 spiro atoms. The standard InChI is InChI=1S/C27H25N3O4/c28-26(32)18-5-3-4-16(10-18)19-11-17-8-9-34-25(17)23(13-19)27(33)30-21(15-31)12-20-14-29-24-7-2-1-6-22(20)24/h1-7,10-11,13-14,21,29,31H,8-9,12,15H2,(H2,28,32)(H,30,33)/t21-/m1/s1. The van der Waals surface area contributed by atoms with Gasteiger partial charge >= 0.3 is 0 Å². The van der Waals surface area contributed by atoms with Crippen molar-refractivity contribution in [1.82, 2.24) is 10.3 Å². The van der Waals surface area contributed by atoms with Gasteiger partial charge in [0.25, 0.3) is 5.91 Å². The fourth-order valence-corrected chi connectivity index (χ4v) is 4.49. The average molecular weight is 456 g/mol. The van der Waals surface area contributed by atoms with E-state index in [0.717, 1.165) is 33.2 Å². The maximum atomic E-state index is 13.3. The summed E-state index contributed by atoms with van der Waals surface area (Å²) >= 11 is 0. The van der Waals surface area contributed by atoms with E-state index in [-0.39, 0.29) is 12.5 Å². The molecular formula is C27H25N3O4. The number of hydrogen-bond acceptors (Lipinski definition) is 4. The molecule has 0 saturated carbocycles. The van der Waals surface area contributed by atoms with E-state index in [0.29, 0.717) is 36.3 Å². The van der Waals surface area contributed by atoms with E-state index in [2.05, 4.69) is 10.3 Å². The van der Waals surface area contributed by atoms with E-state index in [1.54, 1.807) is 24.3 Å². The van der Waals surface area contributed by atoms with E-state index < -0.39 is 11.9 Å². The molecule has 0 saturated heterocycles. The van der Waals surface area contributed by atoms with Gasteiger partial charge in [-0.1, -0.05) is 30.3 Å². The van der Waals surface area contributed by atoms with Crippen LogP contribution in [0.4, 0.5) is 0 Å². The molecule has 172 valence electrons. The molecule has 5 N–H and O–H groups in total. The number of aliphatic hydroxyl groups excluding tert-OH is 1. The highest BCUT2D eigenvalue weighted by atomic mass is 16.5. The summed E-state index contributed by atoms with van der Waals surface area (Å²) in [7, 11) is 0. The zero-order valence-corrected chi connectivity index (χ0v) is 18.5. The van der Waals surface area contributed by atoms with Crippen LogP contribution < -0.4 is 15.8 Å². The van der Waals surface area contributed by atoms with Gasteiger partial charge in [0.1, 0.15) is 5.75 Å². The number of aliphatic hydroxyl groups is 1. The van der Waals surface area contributed by atoms with Crippen molar-refractivity contribution in [3.8, 4) is 16.9 Å². The van der Waals surface area contributed by atoms with Crippen LogP contribution in [0, 0.1) is 0 Å². The second-order valence-corrected chi connectivity index (χ2v) is 8.47. The number of carbonyl (C=O) groups excluding carboxylic acids is 2. The van der Waals surface area contributed by atoms with Crippen molar-refractivity contribution in [2.75, 3.05) is 13.2 Å². The van der Waals surface area contributed by atoms with Crippen LogP contribution in [-0.4, -0.2) is 41.2 Å². The molecule has 0 fully saturated rings. The van der Waals surface area contributed by atoms with Gasteiger partial charge < -0.3 is 25.9 Å². The molecule has 0 radical (unpaired) electrons. The predicted molar refractivity (Wildman–Crippen MR) is 130 cm³/mol. The van der Waals surface area contributed by atoms with E-state index in [1.165, 1.54) is 0 Å². The number of nitrogens with one attached hydrogen (secondary N) is 2. The van der Waals surface area contributed by atoms with Crippen LogP contribution in [0.25, 0.3) is 22.0 Å². The third-order valence-electron chi connectivity index (χ3n) is 6.21. The van der Waals surface area contributed by atoms with Crippen LogP contribution in [0.15, 0.2) is 66.9 Å². The Hall–Kier alpha value is -4.10. The number of para-hydroxylation sites is 1. The highest BCUT2D eigenvalue weighted by Gasteiger charge is 2.25. The molecular weight excluding hydrogens is 430 g/mol. The van der Waals surface area contributed by atoms with Gasteiger partial charge in [0, 0.05) is 29.1 Å². The van der Waals surface area contributed by atoms with Crippen molar-refractivity contribution in [1.29, 1.82) is 0 Å². The Labute approximate surface area is 196 Å². The molecule has 2 heterocycles. The van der Waals surface area contributed by atoms with Crippen molar-refractivity contribution in [3.63, 3.8) is 0 Å². The Kier molecular flexibility index (Phi) is 5.77. The summed E-state index contributed by atoms with van der Waals surface area (Å²) in [5, 5.41) is 14.0. The molecule has 0 unspecified atom stereocenters. The number of carbonyl (C=O) groups is 2. The van der Waals surface area contributed by atoms with Crippen molar-refractivity contribution in [2.45, 2.75) is 18.9 Å². The molecule has 7 heteroatoms. The minimum Gasteiger partial charge on any atom is -0.492 e. The molecule has 3 aromatic carbocycles. The smallest absolute Gasteiger partial charge is 0.255 e. The molecule has 1 aromatic heterocycles. The maximum Gasteiger partial charge on any atom is 0.255 e. The fraction of sp³-hybridized carbons (Fsp3) is 0.185. The topological polar surface area (TPSA) is 117 Å². The lowest BCUT2D eigenvalue weighted by atomic mass is 9.96. The van der Waals surface area contributed by atoms with Crippen LogP contribution in [0.2, 0.25) is 0 Å². The quantitative estimate of drug-likeness (QED) is 0.342. The third-order valence-corrected chi connectivity index (χ3v) is 6.21. The highest BCUT2D eigenvalue weighted by Crippen LogP contribution is 2.35. The van der Waals surface area contributed by atoms with Gasteiger partial charge in [0.2, 0.25) is 5.91 Å². The second-order valence-electron chi connectivity index (χ2n) is 8.47. The number of aromatic amines is 1. The van der Waals surface area contributed by atoms with Crippen LogP contribution in [0.3, 0.4) is 0 Å². The number of hydrogen-bond donors (Lipinski definition) is 4. The summed E-state index contributed by atoms with van der Waals surface area (Å²) in [6, 6.07) is 18.2. The number of ether oxygens (including phenoxy) is 1. The maximum absolute atomic E-state index is 13.3. The van der Waals surface area contributed by atoms with Crippen molar-refractivity contribution in [2.24, 2.45) is 5.73 Å². The zero-order chi connectivity index (χ0) is 23.7. The first-order chi connectivity index (χ1) is 16.5. The first-order valence-electron chi connectivity index (χ1n) is 11.2. The summed E-state index contributed by atoms with van der Waals surface area (Å²) in [5.41, 5.74) is 10.8. The summed E-state index contributed by atoms with van der Waals surface area (Å²) < 4.78 is 5.78. The van der Waals surface area contributed by atoms with Gasteiger partial charge in [-0.3, -0.25) is 9.59 Å². The Bertz CT molecular complexity index is 1390. The Morgan fingerprint density at radius 2 is 1.94 bits per heavy atom. The summed E-state index contributed by atoms with van der Waals surface area (Å²) in [5.74, 6) is -0.256. The first-order valence-corrected chi connectivity index (χ1v) is 11.2. The van der Waals surface area contributed by atoms with Crippen molar-refractivity contribution in [3.05, 3.63) is 89.1 Å². The lowest BCUT2D eigenvalue weighted by molar-refractivity contribution is 0.0912.